The summed E-state index contributed by atoms with van der Waals surface area (Å²) in [5.41, 5.74) is 0. The number of rotatable bonds is 43. The molecular weight excluding hydrogens is 755 g/mol. The SMILES string of the molecule is CC\C=C/C=C/C=C/C=C\C=C\C=C\CCCC(CC(=O)NC(CO)C(O)CCCCCCCCCCCCCCC)OC(=O)CCCCCCCCC/C=C/C/C=C/CC. The third kappa shape index (κ3) is 43.2. The Morgan fingerprint density at radius 3 is 1.54 bits per heavy atom. The maximum absolute atomic E-state index is 13.2. The van der Waals surface area contributed by atoms with Crippen LogP contribution in [0.4, 0.5) is 0 Å². The molecule has 0 aromatic heterocycles. The Bertz CT molecular complexity index is 1220. The summed E-state index contributed by atoms with van der Waals surface area (Å²) < 4.78 is 5.88. The number of nitrogens with one attached hydrogen (secondary N) is 1. The zero-order valence-electron chi connectivity index (χ0n) is 39.5. The summed E-state index contributed by atoms with van der Waals surface area (Å²) in [4.78, 5) is 26.1. The van der Waals surface area contributed by atoms with E-state index in [-0.39, 0.29) is 24.9 Å². The van der Waals surface area contributed by atoms with Gasteiger partial charge in [0.25, 0.3) is 0 Å². The molecule has 0 radical (unpaired) electrons. The maximum Gasteiger partial charge on any atom is 0.306 e. The van der Waals surface area contributed by atoms with Crippen LogP contribution in [0.25, 0.3) is 0 Å². The molecule has 0 fully saturated rings. The summed E-state index contributed by atoms with van der Waals surface area (Å²) in [7, 11) is 0. The molecule has 0 aliphatic carbocycles. The van der Waals surface area contributed by atoms with Crippen LogP contribution < -0.4 is 5.32 Å². The minimum atomic E-state index is -0.814. The molecule has 3 atom stereocenters. The van der Waals surface area contributed by atoms with Crippen molar-refractivity contribution in [1.82, 2.24) is 5.32 Å². The van der Waals surface area contributed by atoms with Crippen molar-refractivity contribution < 1.29 is 24.5 Å². The van der Waals surface area contributed by atoms with Gasteiger partial charge in [0.15, 0.2) is 0 Å². The molecule has 348 valence electrons. The molecule has 0 saturated carbocycles. The van der Waals surface area contributed by atoms with Crippen LogP contribution in [0.3, 0.4) is 0 Å². The van der Waals surface area contributed by atoms with Crippen molar-refractivity contribution >= 4 is 11.9 Å². The number of carbonyl (C=O) groups excluding carboxylic acids is 2. The van der Waals surface area contributed by atoms with E-state index >= 15 is 0 Å². The van der Waals surface area contributed by atoms with E-state index in [2.05, 4.69) is 62.5 Å². The fraction of sp³-hybridized carbons (Fsp3) is 0.673. The molecule has 6 heteroatoms. The third-order valence-electron chi connectivity index (χ3n) is 10.8. The second kappa shape index (κ2) is 47.8. The molecule has 0 aliphatic heterocycles. The van der Waals surface area contributed by atoms with E-state index in [1.54, 1.807) is 0 Å². The Hall–Kier alpha value is -3.22. The van der Waals surface area contributed by atoms with Crippen LogP contribution in [0, 0.1) is 0 Å². The van der Waals surface area contributed by atoms with E-state index in [1.807, 2.05) is 60.8 Å². The molecule has 0 rings (SSSR count). The average molecular weight is 848 g/mol. The summed E-state index contributed by atoms with van der Waals surface area (Å²) in [6.07, 6.45) is 63.2. The summed E-state index contributed by atoms with van der Waals surface area (Å²) in [5.74, 6) is -0.566. The van der Waals surface area contributed by atoms with Gasteiger partial charge in [0.1, 0.15) is 6.10 Å². The number of esters is 1. The second-order valence-corrected chi connectivity index (χ2v) is 16.6. The first-order valence-electron chi connectivity index (χ1n) is 25.0. The number of ether oxygens (including phenoxy) is 1. The minimum absolute atomic E-state index is 0.0182. The molecule has 0 aliphatic rings. The van der Waals surface area contributed by atoms with E-state index in [4.69, 9.17) is 4.74 Å². The summed E-state index contributed by atoms with van der Waals surface area (Å²) in [6, 6.07) is -0.732. The lowest BCUT2D eigenvalue weighted by atomic mass is 10.0. The number of hydrogen-bond acceptors (Lipinski definition) is 5. The predicted octanol–water partition coefficient (Wildman–Crippen LogP) is 14.9. The third-order valence-corrected chi connectivity index (χ3v) is 10.8. The molecule has 0 saturated heterocycles. The van der Waals surface area contributed by atoms with Gasteiger partial charge in [-0.3, -0.25) is 9.59 Å². The van der Waals surface area contributed by atoms with Crippen molar-refractivity contribution in [1.29, 1.82) is 0 Å². The van der Waals surface area contributed by atoms with Gasteiger partial charge in [-0.15, -0.1) is 0 Å². The summed E-state index contributed by atoms with van der Waals surface area (Å²) in [5, 5.41) is 23.7. The zero-order valence-corrected chi connectivity index (χ0v) is 39.5. The smallest absolute Gasteiger partial charge is 0.306 e. The van der Waals surface area contributed by atoms with Crippen LogP contribution in [0.5, 0.6) is 0 Å². The van der Waals surface area contributed by atoms with E-state index in [1.165, 1.54) is 89.9 Å². The van der Waals surface area contributed by atoms with Gasteiger partial charge >= 0.3 is 5.97 Å². The lowest BCUT2D eigenvalue weighted by Crippen LogP contribution is -2.46. The molecule has 6 nitrogen and oxygen atoms in total. The lowest BCUT2D eigenvalue weighted by molar-refractivity contribution is -0.151. The Labute approximate surface area is 376 Å². The van der Waals surface area contributed by atoms with Gasteiger partial charge in [0, 0.05) is 6.42 Å². The monoisotopic (exact) mass is 848 g/mol. The zero-order chi connectivity index (χ0) is 44.5. The highest BCUT2D eigenvalue weighted by Gasteiger charge is 2.24. The number of amides is 1. The summed E-state index contributed by atoms with van der Waals surface area (Å²) in [6.45, 7) is 6.20. The van der Waals surface area contributed by atoms with Gasteiger partial charge in [0.2, 0.25) is 5.91 Å². The molecule has 0 aromatic carbocycles. The number of aliphatic hydroxyl groups excluding tert-OH is 2. The topological polar surface area (TPSA) is 95.9 Å². The molecule has 61 heavy (non-hydrogen) atoms. The van der Waals surface area contributed by atoms with E-state index < -0.39 is 18.2 Å². The quantitative estimate of drug-likeness (QED) is 0.0246. The fourth-order valence-electron chi connectivity index (χ4n) is 7.09. The van der Waals surface area contributed by atoms with Crippen molar-refractivity contribution in [2.24, 2.45) is 0 Å². The fourth-order valence-corrected chi connectivity index (χ4v) is 7.09. The van der Waals surface area contributed by atoms with Gasteiger partial charge in [-0.05, 0) is 64.2 Å². The van der Waals surface area contributed by atoms with E-state index in [9.17, 15) is 19.8 Å². The molecule has 0 bridgehead atoms. The van der Waals surface area contributed by atoms with Gasteiger partial charge in [0.05, 0.1) is 25.2 Å². The molecule has 1 amide bonds. The normalized spacial score (nSPS) is 14.1. The Balaban J connectivity index is 4.76. The van der Waals surface area contributed by atoms with Crippen LogP contribution in [0.2, 0.25) is 0 Å². The van der Waals surface area contributed by atoms with Crippen molar-refractivity contribution in [2.75, 3.05) is 6.61 Å². The van der Waals surface area contributed by atoms with Crippen LogP contribution in [0.1, 0.15) is 213 Å². The van der Waals surface area contributed by atoms with Crippen molar-refractivity contribution in [3.05, 3.63) is 97.2 Å². The second-order valence-electron chi connectivity index (χ2n) is 16.6. The highest BCUT2D eigenvalue weighted by atomic mass is 16.5. The molecule has 3 N–H and O–H groups in total. The maximum atomic E-state index is 13.2. The number of unbranched alkanes of at least 4 members (excludes halogenated alkanes) is 20. The standard InChI is InChI=1S/C55H93NO5/c1-4-7-10-13-16-19-22-25-27-29-31-34-37-40-43-46-51(61-55(60)48-45-42-39-36-33-30-26-23-20-17-14-11-8-5-2)49-54(59)56-52(50-57)53(58)47-44-41-38-35-32-28-24-21-18-15-12-9-6-3/h7-8,10-11,13,16-17,19-20,22,25,27,29,31,34,37,51-53,57-58H,4-6,9,12,14-15,18,21,23-24,26,28,30,32-33,35-36,38-50H2,1-3H3,(H,56,59)/b10-7-,11-8+,16-13+,20-17+,22-19+,27-25-,31-29+,37-34+. The van der Waals surface area contributed by atoms with E-state index in [0.717, 1.165) is 77.0 Å². The molecule has 3 unspecified atom stereocenters. The molecule has 0 spiro atoms. The van der Waals surface area contributed by atoms with Gasteiger partial charge in [-0.25, -0.2) is 0 Å². The van der Waals surface area contributed by atoms with Gasteiger partial charge in [-0.1, -0.05) is 234 Å². The Morgan fingerprint density at radius 2 is 0.984 bits per heavy atom. The number of carbonyl (C=O) groups is 2. The molecule has 0 aromatic rings. The highest BCUT2D eigenvalue weighted by molar-refractivity contribution is 5.77. The first-order chi connectivity index (χ1) is 30.0. The molecule has 0 heterocycles. The number of allylic oxidation sites excluding steroid dienone is 16. The Morgan fingerprint density at radius 1 is 0.508 bits per heavy atom. The largest absolute Gasteiger partial charge is 0.462 e. The lowest BCUT2D eigenvalue weighted by Gasteiger charge is -2.24. The predicted molar refractivity (Wildman–Crippen MR) is 264 cm³/mol. The summed E-state index contributed by atoms with van der Waals surface area (Å²) >= 11 is 0. The highest BCUT2D eigenvalue weighted by Crippen LogP contribution is 2.17. The van der Waals surface area contributed by atoms with Crippen LogP contribution in [0.15, 0.2) is 97.2 Å². The van der Waals surface area contributed by atoms with Crippen LogP contribution >= 0.6 is 0 Å². The number of aliphatic hydroxyl groups is 2. The molecular formula is C55H93NO5. The van der Waals surface area contributed by atoms with Crippen molar-refractivity contribution in [3.63, 3.8) is 0 Å². The van der Waals surface area contributed by atoms with Crippen molar-refractivity contribution in [2.45, 2.75) is 232 Å². The van der Waals surface area contributed by atoms with Crippen LogP contribution in [-0.4, -0.2) is 46.9 Å². The number of hydrogen-bond donors (Lipinski definition) is 3. The Kier molecular flexibility index (Phi) is 45.3. The van der Waals surface area contributed by atoms with Gasteiger partial charge in [-0.2, -0.15) is 0 Å². The van der Waals surface area contributed by atoms with Crippen molar-refractivity contribution in [3.8, 4) is 0 Å². The first kappa shape index (κ1) is 57.8. The van der Waals surface area contributed by atoms with Crippen LogP contribution in [-0.2, 0) is 14.3 Å². The minimum Gasteiger partial charge on any atom is -0.462 e. The van der Waals surface area contributed by atoms with E-state index in [0.29, 0.717) is 19.3 Å². The average Bonchev–Trinajstić information content (AvgIpc) is 3.25. The first-order valence-corrected chi connectivity index (χ1v) is 25.0. The van der Waals surface area contributed by atoms with Gasteiger partial charge < -0.3 is 20.3 Å².